The van der Waals surface area contributed by atoms with Crippen LogP contribution in [0.25, 0.3) is 0 Å². The number of likely N-dealkylation sites (tertiary alicyclic amines) is 1. The lowest BCUT2D eigenvalue weighted by atomic mass is 9.83. The molecule has 1 saturated heterocycles. The van der Waals surface area contributed by atoms with Crippen LogP contribution in [0.5, 0.6) is 0 Å². The number of piperidine rings is 1. The Labute approximate surface area is 199 Å². The fourth-order valence-corrected chi connectivity index (χ4v) is 3.99. The lowest BCUT2D eigenvalue weighted by Crippen LogP contribution is -2.49. The van der Waals surface area contributed by atoms with Crippen molar-refractivity contribution < 1.29 is 32.3 Å². The molecule has 0 amide bonds. The zero-order valence-corrected chi connectivity index (χ0v) is 19.1. The first-order chi connectivity index (χ1) is 15.0. The van der Waals surface area contributed by atoms with Gasteiger partial charge in [-0.05, 0) is 68.3 Å². The summed E-state index contributed by atoms with van der Waals surface area (Å²) < 4.78 is 52.2. The third kappa shape index (κ3) is 6.76. The number of nitrogens with zero attached hydrogens (tertiary/aromatic N) is 1. The molecule has 0 radical (unpaired) electrons. The molecule has 10 heteroatoms. The Morgan fingerprint density at radius 1 is 1.03 bits per heavy atom. The van der Waals surface area contributed by atoms with Crippen molar-refractivity contribution in [1.82, 2.24) is 4.90 Å². The minimum Gasteiger partial charge on any atom is -0.382 e. The van der Waals surface area contributed by atoms with Crippen molar-refractivity contribution in [3.8, 4) is 0 Å². The van der Waals surface area contributed by atoms with Crippen LogP contribution < -0.4 is 0 Å². The Balaban J connectivity index is 0.00000385. The third-order valence-electron chi connectivity index (χ3n) is 5.68. The van der Waals surface area contributed by atoms with Gasteiger partial charge in [-0.15, -0.1) is 12.4 Å². The summed E-state index contributed by atoms with van der Waals surface area (Å²) in [7, 11) is 0. The number of benzene rings is 2. The van der Waals surface area contributed by atoms with E-state index < -0.39 is 34.0 Å². The molecular formula is C23H23Cl2F4NO3. The third-order valence-corrected chi connectivity index (χ3v) is 6.01. The highest BCUT2D eigenvalue weighted by molar-refractivity contribution is 6.31. The van der Waals surface area contributed by atoms with Crippen LogP contribution in [0.4, 0.5) is 17.6 Å². The number of carbonyl (C=O) groups is 2. The summed E-state index contributed by atoms with van der Waals surface area (Å²) in [6, 6.07) is 8.20. The molecule has 4 nitrogen and oxygen atoms in total. The molecule has 0 bridgehead atoms. The maximum absolute atomic E-state index is 13.1. The van der Waals surface area contributed by atoms with E-state index in [1.165, 1.54) is 30.3 Å². The van der Waals surface area contributed by atoms with Gasteiger partial charge >= 0.3 is 6.18 Å². The summed E-state index contributed by atoms with van der Waals surface area (Å²) in [5, 5.41) is 10.3. The second-order valence-electron chi connectivity index (χ2n) is 7.93. The first-order valence-electron chi connectivity index (χ1n) is 10.1. The van der Waals surface area contributed by atoms with Crippen molar-refractivity contribution in [2.24, 2.45) is 0 Å². The monoisotopic (exact) mass is 507 g/mol. The maximum Gasteiger partial charge on any atom is 0.417 e. The second-order valence-corrected chi connectivity index (χ2v) is 8.34. The molecule has 2 aromatic rings. The molecule has 0 atom stereocenters. The molecule has 1 fully saturated rings. The molecule has 1 aliphatic rings. The van der Waals surface area contributed by atoms with Crippen LogP contribution in [-0.2, 0) is 6.18 Å². The number of aliphatic hydroxyl groups is 1. The smallest absolute Gasteiger partial charge is 0.382 e. The van der Waals surface area contributed by atoms with E-state index in [4.69, 9.17) is 11.6 Å². The zero-order chi connectivity index (χ0) is 23.5. The van der Waals surface area contributed by atoms with Gasteiger partial charge in [-0.1, -0.05) is 11.6 Å². The number of halogens is 6. The normalized spacial score (nSPS) is 16.2. The van der Waals surface area contributed by atoms with Gasteiger partial charge in [0.15, 0.2) is 11.6 Å². The van der Waals surface area contributed by atoms with Gasteiger partial charge in [0.2, 0.25) is 0 Å². The first-order valence-corrected chi connectivity index (χ1v) is 10.5. The van der Waals surface area contributed by atoms with Crippen molar-refractivity contribution in [3.05, 3.63) is 70.0 Å². The van der Waals surface area contributed by atoms with E-state index in [0.717, 1.165) is 6.07 Å². The summed E-state index contributed by atoms with van der Waals surface area (Å²) >= 11 is 5.60. The Morgan fingerprint density at radius 2 is 1.61 bits per heavy atom. The largest absolute Gasteiger partial charge is 0.417 e. The number of hydrogen-bond acceptors (Lipinski definition) is 4. The van der Waals surface area contributed by atoms with Crippen molar-refractivity contribution in [2.75, 3.05) is 19.6 Å². The number of hydrogen-bond donors (Lipinski definition) is 1. The van der Waals surface area contributed by atoms with E-state index in [-0.39, 0.29) is 43.0 Å². The lowest BCUT2D eigenvalue weighted by Gasteiger charge is -2.37. The SMILES string of the molecule is Cl.O=C(CCCN1CCC(O)(C(=O)c2ccc(Cl)c(C(F)(F)F)c2)CC1)c1ccc(F)cc1. The van der Waals surface area contributed by atoms with Gasteiger partial charge in [0, 0.05) is 30.6 Å². The van der Waals surface area contributed by atoms with E-state index in [9.17, 15) is 32.3 Å². The molecule has 1 heterocycles. The van der Waals surface area contributed by atoms with E-state index in [0.29, 0.717) is 37.7 Å². The van der Waals surface area contributed by atoms with Gasteiger partial charge in [-0.2, -0.15) is 13.2 Å². The first kappa shape index (κ1) is 27.2. The molecule has 0 aromatic heterocycles. The predicted octanol–water partition coefficient (Wildman–Crippen LogP) is 5.59. The summed E-state index contributed by atoms with van der Waals surface area (Å²) in [4.78, 5) is 26.9. The van der Waals surface area contributed by atoms with E-state index in [2.05, 4.69) is 0 Å². The van der Waals surface area contributed by atoms with Crippen LogP contribution >= 0.6 is 24.0 Å². The molecule has 33 heavy (non-hydrogen) atoms. The summed E-state index contributed by atoms with van der Waals surface area (Å²) in [5.41, 5.74) is -2.66. The Kier molecular flexibility index (Phi) is 9.04. The van der Waals surface area contributed by atoms with Crippen molar-refractivity contribution in [1.29, 1.82) is 0 Å². The Morgan fingerprint density at radius 3 is 2.18 bits per heavy atom. The fourth-order valence-electron chi connectivity index (χ4n) is 3.77. The van der Waals surface area contributed by atoms with Crippen molar-refractivity contribution in [3.63, 3.8) is 0 Å². The van der Waals surface area contributed by atoms with Crippen LogP contribution in [0, 0.1) is 5.82 Å². The fraction of sp³-hybridized carbons (Fsp3) is 0.391. The second kappa shape index (κ2) is 11.0. The molecule has 0 aliphatic carbocycles. The maximum atomic E-state index is 13.1. The molecule has 3 rings (SSSR count). The van der Waals surface area contributed by atoms with Crippen LogP contribution in [0.1, 0.15) is 52.0 Å². The zero-order valence-electron chi connectivity index (χ0n) is 17.5. The lowest BCUT2D eigenvalue weighted by molar-refractivity contribution is -0.137. The van der Waals surface area contributed by atoms with E-state index in [1.807, 2.05) is 4.90 Å². The highest BCUT2D eigenvalue weighted by Gasteiger charge is 2.41. The number of Topliss-reactive ketones (excluding diaryl/α,β-unsaturated/α-hetero) is 2. The average molecular weight is 508 g/mol. The van der Waals surface area contributed by atoms with Gasteiger partial charge in [-0.25, -0.2) is 4.39 Å². The summed E-state index contributed by atoms with van der Waals surface area (Å²) in [5.74, 6) is -1.27. The number of carbonyl (C=O) groups excluding carboxylic acids is 2. The van der Waals surface area contributed by atoms with Gasteiger partial charge in [-0.3, -0.25) is 9.59 Å². The standard InChI is InChI=1S/C23H22ClF4NO3.ClH/c24-19-8-5-16(14-18(19)23(26,27)28)21(31)22(32)9-12-29(13-10-22)11-1-2-20(30)15-3-6-17(25)7-4-15;/h3-8,14,32H,1-2,9-13H2;1H. The average Bonchev–Trinajstić information content (AvgIpc) is 2.74. The highest BCUT2D eigenvalue weighted by atomic mass is 35.5. The quantitative estimate of drug-likeness (QED) is 0.391. The number of ketones is 2. The predicted molar refractivity (Wildman–Crippen MR) is 119 cm³/mol. The summed E-state index contributed by atoms with van der Waals surface area (Å²) in [6.45, 7) is 1.30. The van der Waals surface area contributed by atoms with Crippen molar-refractivity contribution in [2.45, 2.75) is 37.5 Å². The van der Waals surface area contributed by atoms with Crippen LogP contribution in [0.2, 0.25) is 5.02 Å². The van der Waals surface area contributed by atoms with Gasteiger partial charge in [0.1, 0.15) is 11.4 Å². The van der Waals surface area contributed by atoms with E-state index in [1.54, 1.807) is 0 Å². The minimum atomic E-state index is -4.70. The molecule has 0 saturated carbocycles. The molecule has 0 spiro atoms. The van der Waals surface area contributed by atoms with Crippen molar-refractivity contribution >= 4 is 35.6 Å². The number of rotatable bonds is 7. The van der Waals surface area contributed by atoms with Gasteiger partial charge in [0.05, 0.1) is 10.6 Å². The Hall–Kier alpha value is -2.00. The molecular weight excluding hydrogens is 485 g/mol. The van der Waals surface area contributed by atoms with Gasteiger partial charge < -0.3 is 10.0 Å². The molecule has 0 unspecified atom stereocenters. The Bertz CT molecular complexity index is 988. The molecule has 1 aliphatic heterocycles. The molecule has 1 N–H and O–H groups in total. The summed E-state index contributed by atoms with van der Waals surface area (Å²) in [6.07, 6.45) is -3.74. The minimum absolute atomic E-state index is 0. The molecule has 2 aromatic carbocycles. The van der Waals surface area contributed by atoms with E-state index >= 15 is 0 Å². The van der Waals surface area contributed by atoms with Crippen LogP contribution in [0.3, 0.4) is 0 Å². The highest BCUT2D eigenvalue weighted by Crippen LogP contribution is 2.36. The molecule has 180 valence electrons. The number of alkyl halides is 3. The van der Waals surface area contributed by atoms with Gasteiger partial charge in [0.25, 0.3) is 0 Å². The van der Waals surface area contributed by atoms with Crippen LogP contribution in [0.15, 0.2) is 42.5 Å². The van der Waals surface area contributed by atoms with Crippen LogP contribution in [-0.4, -0.2) is 46.8 Å². The topological polar surface area (TPSA) is 57.6 Å².